The maximum Gasteiger partial charge on any atom is 0.356 e. The van der Waals surface area contributed by atoms with Crippen molar-refractivity contribution in [2.75, 3.05) is 32.9 Å². The number of hydrogen-bond acceptors (Lipinski definition) is 5. The van der Waals surface area contributed by atoms with E-state index < -0.39 is 5.97 Å². The topological polar surface area (TPSA) is 65.4 Å². The highest BCUT2D eigenvalue weighted by molar-refractivity contribution is 6.33. The highest BCUT2D eigenvalue weighted by atomic mass is 35.5. The van der Waals surface area contributed by atoms with E-state index in [1.54, 1.807) is 31.3 Å². The zero-order valence-corrected chi connectivity index (χ0v) is 20.5. The molecule has 3 heterocycles. The number of halogens is 2. The first-order valence-corrected chi connectivity index (χ1v) is 12.1. The van der Waals surface area contributed by atoms with E-state index in [9.17, 15) is 4.79 Å². The van der Waals surface area contributed by atoms with Gasteiger partial charge in [0.2, 0.25) is 0 Å². The van der Waals surface area contributed by atoms with Gasteiger partial charge in [-0.25, -0.2) is 9.78 Å². The number of morpholine rings is 1. The summed E-state index contributed by atoms with van der Waals surface area (Å²) in [5, 5.41) is 5.43. The fourth-order valence-corrected chi connectivity index (χ4v) is 4.36. The van der Waals surface area contributed by atoms with Crippen LogP contribution in [0, 0.1) is 0 Å². The summed E-state index contributed by atoms with van der Waals surface area (Å²) in [6, 6.07) is 7.27. The third kappa shape index (κ3) is 5.70. The van der Waals surface area contributed by atoms with E-state index in [-0.39, 0.29) is 0 Å². The summed E-state index contributed by atoms with van der Waals surface area (Å²) in [4.78, 5) is 16.5. The first-order chi connectivity index (χ1) is 16.6. The predicted molar refractivity (Wildman–Crippen MR) is 137 cm³/mol. The number of hydrogen-bond donors (Lipinski definition) is 1. The minimum absolute atomic E-state index is 0.306. The van der Waals surface area contributed by atoms with Crippen molar-refractivity contribution in [2.45, 2.75) is 19.9 Å². The van der Waals surface area contributed by atoms with Gasteiger partial charge >= 0.3 is 5.97 Å². The van der Waals surface area contributed by atoms with Gasteiger partial charge in [-0.15, -0.1) is 0 Å². The number of aromatic nitrogens is 2. The molecule has 0 amide bonds. The summed E-state index contributed by atoms with van der Waals surface area (Å²) in [6.45, 7) is 6.49. The summed E-state index contributed by atoms with van der Waals surface area (Å²) in [6.07, 6.45) is 10.7. The number of allylic oxidation sites excluding steroid dienone is 3. The van der Waals surface area contributed by atoms with Gasteiger partial charge < -0.3 is 19.4 Å². The summed E-state index contributed by atoms with van der Waals surface area (Å²) >= 11 is 12.6. The lowest BCUT2D eigenvalue weighted by molar-refractivity contribution is 0.0519. The zero-order chi connectivity index (χ0) is 23.9. The van der Waals surface area contributed by atoms with Crippen molar-refractivity contribution in [1.82, 2.24) is 14.9 Å². The predicted octanol–water partition coefficient (Wildman–Crippen LogP) is 5.30. The summed E-state index contributed by atoms with van der Waals surface area (Å²) in [7, 11) is 0. The quantitative estimate of drug-likeness (QED) is 0.493. The number of carbonyl (C=O) groups excluding carboxylic acids is 1. The SMILES string of the molecule is C1COCCN1.CCOC(=O)c1cc2c3c(n(Cc4cc(Cl)ccc4Cl)c2cn1)CC=CC=C3. The standard InChI is InChI=1S/C22H18Cl2N2O2.C4H9NO/c1-2-28-22(27)19-11-17-16-6-4-3-5-7-20(16)26(21(17)12-25-19)13-14-10-15(23)8-9-18(14)24;1-3-6-4-2-5-1/h3-6,8-12H,2,7,13H2,1H3;5H,1-4H2. The van der Waals surface area contributed by atoms with E-state index in [1.807, 2.05) is 18.2 Å². The molecule has 3 aromatic rings. The Balaban J connectivity index is 0.000000398. The first-order valence-electron chi connectivity index (χ1n) is 11.3. The van der Waals surface area contributed by atoms with Crippen molar-refractivity contribution in [3.05, 3.63) is 81.3 Å². The monoisotopic (exact) mass is 499 g/mol. The highest BCUT2D eigenvalue weighted by Crippen LogP contribution is 2.32. The van der Waals surface area contributed by atoms with Gasteiger partial charge in [0.15, 0.2) is 0 Å². The third-order valence-electron chi connectivity index (χ3n) is 5.59. The van der Waals surface area contributed by atoms with Crippen LogP contribution in [-0.4, -0.2) is 48.4 Å². The molecule has 1 N–H and O–H groups in total. The molecule has 6 nitrogen and oxygen atoms in total. The fourth-order valence-electron chi connectivity index (χ4n) is 3.99. The molecule has 34 heavy (non-hydrogen) atoms. The van der Waals surface area contributed by atoms with E-state index in [4.69, 9.17) is 32.7 Å². The Morgan fingerprint density at radius 1 is 1.21 bits per heavy atom. The number of ether oxygens (including phenoxy) is 2. The molecule has 1 aromatic carbocycles. The van der Waals surface area contributed by atoms with Gasteiger partial charge in [0.1, 0.15) is 5.69 Å². The van der Waals surface area contributed by atoms with E-state index in [0.717, 1.165) is 60.4 Å². The minimum atomic E-state index is -0.417. The highest BCUT2D eigenvalue weighted by Gasteiger charge is 2.19. The molecule has 1 aliphatic heterocycles. The van der Waals surface area contributed by atoms with Crippen molar-refractivity contribution < 1.29 is 14.3 Å². The van der Waals surface area contributed by atoms with Crippen LogP contribution in [0.4, 0.5) is 0 Å². The van der Waals surface area contributed by atoms with Crippen LogP contribution in [0.1, 0.15) is 34.2 Å². The molecule has 178 valence electrons. The molecule has 0 unspecified atom stereocenters. The Labute approximate surface area is 209 Å². The molecular weight excluding hydrogens is 473 g/mol. The molecule has 5 rings (SSSR count). The Morgan fingerprint density at radius 3 is 2.74 bits per heavy atom. The Kier molecular flexibility index (Phi) is 8.40. The van der Waals surface area contributed by atoms with E-state index in [0.29, 0.717) is 28.9 Å². The smallest absolute Gasteiger partial charge is 0.356 e. The molecule has 1 aliphatic carbocycles. The van der Waals surface area contributed by atoms with Crippen molar-refractivity contribution in [2.24, 2.45) is 0 Å². The number of pyridine rings is 1. The first kappa shape index (κ1) is 24.5. The molecule has 0 saturated carbocycles. The Bertz CT molecular complexity index is 1220. The molecule has 1 fully saturated rings. The van der Waals surface area contributed by atoms with Gasteiger partial charge in [0.25, 0.3) is 0 Å². The third-order valence-corrected chi connectivity index (χ3v) is 6.19. The van der Waals surface area contributed by atoms with Crippen LogP contribution in [-0.2, 0) is 22.4 Å². The second-order valence-corrected chi connectivity index (χ2v) is 8.69. The van der Waals surface area contributed by atoms with Crippen LogP contribution in [0.3, 0.4) is 0 Å². The number of benzene rings is 1. The molecule has 0 atom stereocenters. The molecular formula is C26H27Cl2N3O3. The maximum absolute atomic E-state index is 12.2. The van der Waals surface area contributed by atoms with E-state index in [1.165, 1.54) is 0 Å². The summed E-state index contributed by atoms with van der Waals surface area (Å²) < 4.78 is 12.3. The zero-order valence-electron chi connectivity index (χ0n) is 19.0. The number of fused-ring (bicyclic) bond motifs is 3. The van der Waals surface area contributed by atoms with Crippen LogP contribution in [0.5, 0.6) is 0 Å². The van der Waals surface area contributed by atoms with Gasteiger partial charge in [0.05, 0.1) is 31.5 Å². The van der Waals surface area contributed by atoms with Crippen molar-refractivity contribution in [3.8, 4) is 0 Å². The molecule has 0 bridgehead atoms. The maximum atomic E-state index is 12.2. The normalized spacial score (nSPS) is 14.8. The summed E-state index contributed by atoms with van der Waals surface area (Å²) in [5.74, 6) is -0.417. The fraction of sp³-hybridized carbons (Fsp3) is 0.308. The average Bonchev–Trinajstić information content (AvgIpc) is 3.00. The molecule has 0 radical (unpaired) electrons. The molecule has 1 saturated heterocycles. The van der Waals surface area contributed by atoms with Gasteiger partial charge in [-0.05, 0) is 36.8 Å². The van der Waals surface area contributed by atoms with E-state index >= 15 is 0 Å². The second kappa shape index (κ2) is 11.7. The minimum Gasteiger partial charge on any atom is -0.461 e. The number of carbonyl (C=O) groups is 1. The molecule has 8 heteroatoms. The van der Waals surface area contributed by atoms with Crippen molar-refractivity contribution >= 4 is 46.2 Å². The average molecular weight is 500 g/mol. The Hall–Kier alpha value is -2.64. The molecule has 0 spiro atoms. The Morgan fingerprint density at radius 2 is 2.03 bits per heavy atom. The lowest BCUT2D eigenvalue weighted by Gasteiger charge is -2.12. The number of rotatable bonds is 4. The van der Waals surface area contributed by atoms with Crippen LogP contribution >= 0.6 is 23.2 Å². The second-order valence-electron chi connectivity index (χ2n) is 7.84. The number of nitrogens with one attached hydrogen (secondary N) is 1. The largest absolute Gasteiger partial charge is 0.461 e. The lowest BCUT2D eigenvalue weighted by atomic mass is 10.1. The number of esters is 1. The number of nitrogens with zero attached hydrogens (tertiary/aromatic N) is 2. The summed E-state index contributed by atoms with van der Waals surface area (Å²) in [5.41, 5.74) is 4.39. The molecule has 2 aliphatic rings. The van der Waals surface area contributed by atoms with E-state index in [2.05, 4.69) is 27.0 Å². The van der Waals surface area contributed by atoms with Gasteiger partial charge in [0, 0.05) is 52.7 Å². The lowest BCUT2D eigenvalue weighted by Crippen LogP contribution is -2.30. The van der Waals surface area contributed by atoms with Crippen molar-refractivity contribution in [1.29, 1.82) is 0 Å². The van der Waals surface area contributed by atoms with Crippen LogP contribution in [0.15, 0.2) is 48.7 Å². The van der Waals surface area contributed by atoms with Crippen LogP contribution < -0.4 is 5.32 Å². The molecule has 2 aromatic heterocycles. The van der Waals surface area contributed by atoms with Gasteiger partial charge in [-0.2, -0.15) is 0 Å². The van der Waals surface area contributed by atoms with Crippen LogP contribution in [0.2, 0.25) is 10.0 Å². The van der Waals surface area contributed by atoms with Crippen LogP contribution in [0.25, 0.3) is 17.0 Å². The van der Waals surface area contributed by atoms with Gasteiger partial charge in [-0.3, -0.25) is 0 Å². The van der Waals surface area contributed by atoms with Crippen molar-refractivity contribution in [3.63, 3.8) is 0 Å². The van der Waals surface area contributed by atoms with Gasteiger partial charge in [-0.1, -0.05) is 47.5 Å².